The Labute approximate surface area is 160 Å². The van der Waals surface area contributed by atoms with Gasteiger partial charge < -0.3 is 15.5 Å². The Hall–Kier alpha value is -2.82. The van der Waals surface area contributed by atoms with E-state index in [1.54, 1.807) is 0 Å². The molecule has 3 amide bonds. The van der Waals surface area contributed by atoms with E-state index in [2.05, 4.69) is 16.7 Å². The summed E-state index contributed by atoms with van der Waals surface area (Å²) >= 11 is 0. The fourth-order valence-electron chi connectivity index (χ4n) is 3.16. The predicted octanol–water partition coefficient (Wildman–Crippen LogP) is 3.80. The lowest BCUT2D eigenvalue weighted by atomic mass is 10.1. The van der Waals surface area contributed by atoms with E-state index in [0.717, 1.165) is 29.7 Å². The predicted molar refractivity (Wildman–Crippen MR) is 108 cm³/mol. The Bertz CT molecular complexity index is 830. The second kappa shape index (κ2) is 8.25. The highest BCUT2D eigenvalue weighted by Crippen LogP contribution is 2.30. The highest BCUT2D eigenvalue weighted by molar-refractivity contribution is 6.07. The lowest BCUT2D eigenvalue weighted by molar-refractivity contribution is 0.0989. The first-order valence-electron chi connectivity index (χ1n) is 9.52. The van der Waals surface area contributed by atoms with Crippen LogP contribution in [0.25, 0.3) is 0 Å². The summed E-state index contributed by atoms with van der Waals surface area (Å²) in [4.78, 5) is 26.7. The van der Waals surface area contributed by atoms with Crippen molar-refractivity contribution in [1.82, 2.24) is 10.6 Å². The summed E-state index contributed by atoms with van der Waals surface area (Å²) in [5.74, 6) is 0.0216. The number of rotatable bonds is 5. The number of benzene rings is 2. The number of urea groups is 1. The molecule has 5 heteroatoms. The van der Waals surface area contributed by atoms with E-state index < -0.39 is 0 Å². The van der Waals surface area contributed by atoms with Crippen LogP contribution in [0.4, 0.5) is 10.5 Å². The van der Waals surface area contributed by atoms with E-state index in [0.29, 0.717) is 18.7 Å². The molecule has 2 aromatic carbocycles. The molecule has 0 spiro atoms. The standard InChI is InChI=1S/C22H27N3O2/c1-4-16(3)24-22(27)23-14-17-7-10-18-11-12-25(20(18)13-17)21(26)19-8-5-15(2)6-9-19/h5-10,13,16H,4,11-12,14H2,1-3H3,(H2,23,24,27). The molecule has 0 saturated heterocycles. The zero-order valence-electron chi connectivity index (χ0n) is 16.2. The minimum atomic E-state index is -0.169. The number of fused-ring (bicyclic) bond motifs is 1. The largest absolute Gasteiger partial charge is 0.336 e. The van der Waals surface area contributed by atoms with E-state index >= 15 is 0 Å². The number of amides is 3. The molecule has 142 valence electrons. The minimum absolute atomic E-state index is 0.0216. The first kappa shape index (κ1) is 19.0. The van der Waals surface area contributed by atoms with Crippen LogP contribution in [0.2, 0.25) is 0 Å². The molecule has 0 aromatic heterocycles. The van der Waals surface area contributed by atoms with Crippen molar-refractivity contribution in [2.75, 3.05) is 11.4 Å². The van der Waals surface area contributed by atoms with E-state index in [9.17, 15) is 9.59 Å². The molecule has 0 bridgehead atoms. The van der Waals surface area contributed by atoms with Gasteiger partial charge in [-0.05, 0) is 56.0 Å². The van der Waals surface area contributed by atoms with Gasteiger partial charge in [0.1, 0.15) is 0 Å². The summed E-state index contributed by atoms with van der Waals surface area (Å²) in [6, 6.07) is 13.7. The van der Waals surface area contributed by atoms with Crippen LogP contribution in [-0.2, 0) is 13.0 Å². The Balaban J connectivity index is 1.70. The van der Waals surface area contributed by atoms with Crippen molar-refractivity contribution >= 4 is 17.6 Å². The fraction of sp³-hybridized carbons (Fsp3) is 0.364. The molecule has 2 N–H and O–H groups in total. The van der Waals surface area contributed by atoms with Crippen molar-refractivity contribution in [2.24, 2.45) is 0 Å². The van der Waals surface area contributed by atoms with Gasteiger partial charge >= 0.3 is 6.03 Å². The highest BCUT2D eigenvalue weighted by Gasteiger charge is 2.25. The molecule has 0 fully saturated rings. The normalized spacial score (nSPS) is 13.8. The first-order chi connectivity index (χ1) is 13.0. The second-order valence-corrected chi connectivity index (χ2v) is 7.17. The molecule has 1 heterocycles. The quantitative estimate of drug-likeness (QED) is 0.847. The Morgan fingerprint density at radius 2 is 1.89 bits per heavy atom. The van der Waals surface area contributed by atoms with Gasteiger partial charge in [-0.2, -0.15) is 0 Å². The van der Waals surface area contributed by atoms with Crippen LogP contribution in [0.3, 0.4) is 0 Å². The van der Waals surface area contributed by atoms with Gasteiger partial charge in [-0.15, -0.1) is 0 Å². The number of hydrogen-bond donors (Lipinski definition) is 2. The van der Waals surface area contributed by atoms with E-state index in [4.69, 9.17) is 0 Å². The van der Waals surface area contributed by atoms with Crippen LogP contribution in [0.5, 0.6) is 0 Å². The molecule has 3 rings (SSSR count). The highest BCUT2D eigenvalue weighted by atomic mass is 16.2. The molecule has 27 heavy (non-hydrogen) atoms. The molecule has 0 radical (unpaired) electrons. The Kier molecular flexibility index (Phi) is 5.79. The maximum absolute atomic E-state index is 12.9. The van der Waals surface area contributed by atoms with Crippen molar-refractivity contribution in [3.05, 3.63) is 64.7 Å². The molecule has 0 saturated carbocycles. The zero-order valence-corrected chi connectivity index (χ0v) is 16.2. The summed E-state index contributed by atoms with van der Waals surface area (Å²) in [6.45, 7) is 7.14. The SMILES string of the molecule is CCC(C)NC(=O)NCc1ccc2c(c1)N(C(=O)c1ccc(C)cc1)CC2. The number of hydrogen-bond acceptors (Lipinski definition) is 2. The summed E-state index contributed by atoms with van der Waals surface area (Å²) in [5, 5.41) is 5.77. The number of carbonyl (C=O) groups excluding carboxylic acids is 2. The van der Waals surface area contributed by atoms with Crippen LogP contribution < -0.4 is 15.5 Å². The maximum Gasteiger partial charge on any atom is 0.315 e. The third kappa shape index (κ3) is 4.48. The Morgan fingerprint density at radius 1 is 1.15 bits per heavy atom. The van der Waals surface area contributed by atoms with Crippen molar-refractivity contribution in [3.8, 4) is 0 Å². The fourth-order valence-corrected chi connectivity index (χ4v) is 3.16. The number of anilines is 1. The minimum Gasteiger partial charge on any atom is -0.336 e. The van der Waals surface area contributed by atoms with E-state index in [1.165, 1.54) is 5.56 Å². The summed E-state index contributed by atoms with van der Waals surface area (Å²) < 4.78 is 0. The number of nitrogens with zero attached hydrogens (tertiary/aromatic N) is 1. The third-order valence-corrected chi connectivity index (χ3v) is 5.03. The maximum atomic E-state index is 12.9. The van der Waals surface area contributed by atoms with Gasteiger partial charge in [0, 0.05) is 30.4 Å². The van der Waals surface area contributed by atoms with Crippen LogP contribution in [0.1, 0.15) is 47.3 Å². The van der Waals surface area contributed by atoms with Gasteiger partial charge in [0.25, 0.3) is 5.91 Å². The average Bonchev–Trinajstić information content (AvgIpc) is 3.09. The second-order valence-electron chi connectivity index (χ2n) is 7.17. The van der Waals surface area contributed by atoms with Crippen LogP contribution >= 0.6 is 0 Å². The molecule has 1 aliphatic heterocycles. The topological polar surface area (TPSA) is 61.4 Å². The lowest BCUT2D eigenvalue weighted by Gasteiger charge is -2.18. The van der Waals surface area contributed by atoms with Crippen molar-refractivity contribution in [2.45, 2.75) is 46.2 Å². The molecule has 1 aliphatic rings. The summed E-state index contributed by atoms with van der Waals surface area (Å²) in [7, 11) is 0. The van der Waals surface area contributed by atoms with Gasteiger partial charge in [-0.25, -0.2) is 4.79 Å². The molecular weight excluding hydrogens is 338 g/mol. The van der Waals surface area contributed by atoms with Gasteiger partial charge in [0.05, 0.1) is 0 Å². The first-order valence-corrected chi connectivity index (χ1v) is 9.52. The molecular formula is C22H27N3O2. The molecule has 0 aliphatic carbocycles. The summed E-state index contributed by atoms with van der Waals surface area (Å²) in [6.07, 6.45) is 1.75. The Morgan fingerprint density at radius 3 is 2.59 bits per heavy atom. The monoisotopic (exact) mass is 365 g/mol. The zero-order chi connectivity index (χ0) is 19.4. The molecule has 5 nitrogen and oxygen atoms in total. The van der Waals surface area contributed by atoms with Crippen LogP contribution in [0.15, 0.2) is 42.5 Å². The van der Waals surface area contributed by atoms with Crippen LogP contribution in [-0.4, -0.2) is 24.5 Å². The van der Waals surface area contributed by atoms with Gasteiger partial charge in [0.15, 0.2) is 0 Å². The van der Waals surface area contributed by atoms with Gasteiger partial charge in [-0.1, -0.05) is 36.8 Å². The smallest absolute Gasteiger partial charge is 0.315 e. The van der Waals surface area contributed by atoms with Crippen molar-refractivity contribution in [3.63, 3.8) is 0 Å². The molecule has 1 unspecified atom stereocenters. The van der Waals surface area contributed by atoms with Crippen LogP contribution in [0, 0.1) is 6.92 Å². The average molecular weight is 365 g/mol. The van der Waals surface area contributed by atoms with Gasteiger partial charge in [0.2, 0.25) is 0 Å². The van der Waals surface area contributed by atoms with Crippen molar-refractivity contribution < 1.29 is 9.59 Å². The van der Waals surface area contributed by atoms with E-state index in [-0.39, 0.29) is 18.0 Å². The van der Waals surface area contributed by atoms with Crippen molar-refractivity contribution in [1.29, 1.82) is 0 Å². The number of nitrogens with one attached hydrogen (secondary N) is 2. The van der Waals surface area contributed by atoms with Gasteiger partial charge in [-0.3, -0.25) is 4.79 Å². The van der Waals surface area contributed by atoms with E-state index in [1.807, 2.05) is 62.1 Å². The lowest BCUT2D eigenvalue weighted by Crippen LogP contribution is -2.40. The number of aryl methyl sites for hydroxylation is 1. The molecule has 1 atom stereocenters. The number of carbonyl (C=O) groups is 2. The molecule has 2 aromatic rings. The summed E-state index contributed by atoms with van der Waals surface area (Å²) in [5.41, 5.74) is 4.93. The third-order valence-electron chi connectivity index (χ3n) is 5.03.